The third-order valence-corrected chi connectivity index (χ3v) is 2.76. The van der Waals surface area contributed by atoms with Gasteiger partial charge in [0.2, 0.25) is 0 Å². The number of para-hydroxylation sites is 2. The number of benzene rings is 1. The highest BCUT2D eigenvalue weighted by molar-refractivity contribution is 5.39. The molecule has 19 heavy (non-hydrogen) atoms. The number of nitrogens with one attached hydrogen (secondary N) is 1. The number of hydrogen-bond donors (Lipinski definition) is 1. The summed E-state index contributed by atoms with van der Waals surface area (Å²) in [7, 11) is 1.72. The Labute approximate surface area is 116 Å². The zero-order valence-corrected chi connectivity index (χ0v) is 12.1. The Morgan fingerprint density at radius 3 is 2.42 bits per heavy atom. The van der Waals surface area contributed by atoms with Crippen LogP contribution in [0.15, 0.2) is 24.3 Å². The minimum atomic E-state index is 0.436. The van der Waals surface area contributed by atoms with E-state index in [0.29, 0.717) is 19.3 Å². The summed E-state index contributed by atoms with van der Waals surface area (Å²) in [6, 6.07) is 8.19. The summed E-state index contributed by atoms with van der Waals surface area (Å²) in [6.45, 7) is 6.98. The van der Waals surface area contributed by atoms with Crippen LogP contribution in [-0.4, -0.2) is 39.5 Å². The van der Waals surface area contributed by atoms with Gasteiger partial charge in [-0.25, -0.2) is 0 Å². The molecule has 0 bridgehead atoms. The molecule has 0 saturated heterocycles. The molecule has 1 aromatic carbocycles. The first-order valence-electron chi connectivity index (χ1n) is 6.84. The van der Waals surface area contributed by atoms with Crippen LogP contribution in [0.3, 0.4) is 0 Å². The summed E-state index contributed by atoms with van der Waals surface area (Å²) in [5.74, 6) is 1.60. The van der Waals surface area contributed by atoms with Crippen LogP contribution in [0.2, 0.25) is 0 Å². The van der Waals surface area contributed by atoms with E-state index in [-0.39, 0.29) is 0 Å². The smallest absolute Gasteiger partial charge is 0.161 e. The van der Waals surface area contributed by atoms with Crippen LogP contribution in [0.25, 0.3) is 0 Å². The first-order valence-corrected chi connectivity index (χ1v) is 6.84. The van der Waals surface area contributed by atoms with Crippen molar-refractivity contribution in [2.24, 2.45) is 0 Å². The van der Waals surface area contributed by atoms with Gasteiger partial charge in [0.25, 0.3) is 0 Å². The Hall–Kier alpha value is -1.26. The highest BCUT2D eigenvalue weighted by Crippen LogP contribution is 2.25. The lowest BCUT2D eigenvalue weighted by molar-refractivity contribution is 0.183. The lowest BCUT2D eigenvalue weighted by Crippen LogP contribution is -2.31. The van der Waals surface area contributed by atoms with Crippen molar-refractivity contribution in [1.82, 2.24) is 5.32 Å². The molecule has 1 atom stereocenters. The average molecular weight is 267 g/mol. The van der Waals surface area contributed by atoms with Crippen LogP contribution in [-0.2, 0) is 4.74 Å². The minimum absolute atomic E-state index is 0.436. The maximum Gasteiger partial charge on any atom is 0.161 e. The Kier molecular flexibility index (Phi) is 8.02. The minimum Gasteiger partial charge on any atom is -0.490 e. The predicted octanol–water partition coefficient (Wildman–Crippen LogP) is 2.48. The molecular weight excluding hydrogens is 242 g/mol. The van der Waals surface area contributed by atoms with Crippen molar-refractivity contribution in [1.29, 1.82) is 0 Å². The van der Waals surface area contributed by atoms with E-state index in [1.807, 2.05) is 31.2 Å². The second kappa shape index (κ2) is 9.64. The Morgan fingerprint density at radius 1 is 1.11 bits per heavy atom. The predicted molar refractivity (Wildman–Crippen MR) is 77.1 cm³/mol. The molecule has 4 nitrogen and oxygen atoms in total. The number of hydrogen-bond acceptors (Lipinski definition) is 4. The lowest BCUT2D eigenvalue weighted by Gasteiger charge is -2.15. The van der Waals surface area contributed by atoms with E-state index >= 15 is 0 Å². The molecule has 0 heterocycles. The Balaban J connectivity index is 2.25. The third-order valence-electron chi connectivity index (χ3n) is 2.76. The van der Waals surface area contributed by atoms with E-state index in [2.05, 4.69) is 12.2 Å². The van der Waals surface area contributed by atoms with E-state index in [0.717, 1.165) is 31.1 Å². The van der Waals surface area contributed by atoms with Gasteiger partial charge in [0.1, 0.15) is 6.61 Å². The largest absolute Gasteiger partial charge is 0.490 e. The summed E-state index contributed by atoms with van der Waals surface area (Å²) < 4.78 is 16.3. The first-order chi connectivity index (χ1) is 9.27. The maximum atomic E-state index is 5.73. The van der Waals surface area contributed by atoms with Crippen LogP contribution in [0.4, 0.5) is 0 Å². The molecule has 0 aliphatic heterocycles. The van der Waals surface area contributed by atoms with Gasteiger partial charge in [-0.15, -0.1) is 0 Å². The van der Waals surface area contributed by atoms with Gasteiger partial charge in [0.05, 0.1) is 6.61 Å². The van der Waals surface area contributed by atoms with E-state index < -0.39 is 0 Å². The SMILES string of the molecule is CCOc1ccccc1OCCNC(C)CCOC. The molecule has 0 spiro atoms. The van der Waals surface area contributed by atoms with Crippen molar-refractivity contribution in [3.63, 3.8) is 0 Å². The van der Waals surface area contributed by atoms with Crippen LogP contribution in [0.5, 0.6) is 11.5 Å². The molecule has 0 aliphatic carbocycles. The van der Waals surface area contributed by atoms with Crippen LogP contribution >= 0.6 is 0 Å². The van der Waals surface area contributed by atoms with Gasteiger partial charge in [-0.3, -0.25) is 0 Å². The lowest BCUT2D eigenvalue weighted by atomic mass is 10.2. The molecule has 108 valence electrons. The molecular formula is C15H25NO3. The summed E-state index contributed by atoms with van der Waals surface area (Å²) in [4.78, 5) is 0. The van der Waals surface area contributed by atoms with Crippen molar-refractivity contribution in [3.8, 4) is 11.5 Å². The Bertz CT molecular complexity index is 344. The second-order valence-corrected chi connectivity index (χ2v) is 4.36. The van der Waals surface area contributed by atoms with E-state index in [1.54, 1.807) is 7.11 Å². The monoisotopic (exact) mass is 267 g/mol. The molecule has 0 fully saturated rings. The van der Waals surface area contributed by atoms with Crippen molar-refractivity contribution in [2.45, 2.75) is 26.3 Å². The summed E-state index contributed by atoms with van der Waals surface area (Å²) in [6.07, 6.45) is 1.01. The van der Waals surface area contributed by atoms with Crippen molar-refractivity contribution in [2.75, 3.05) is 33.5 Å². The van der Waals surface area contributed by atoms with Gasteiger partial charge in [0.15, 0.2) is 11.5 Å². The van der Waals surface area contributed by atoms with E-state index in [4.69, 9.17) is 14.2 Å². The number of rotatable bonds is 10. The van der Waals surface area contributed by atoms with E-state index in [1.165, 1.54) is 0 Å². The van der Waals surface area contributed by atoms with Gasteiger partial charge in [0, 0.05) is 26.3 Å². The highest BCUT2D eigenvalue weighted by atomic mass is 16.5. The Morgan fingerprint density at radius 2 is 1.79 bits per heavy atom. The first kappa shape index (κ1) is 15.8. The molecule has 1 unspecified atom stereocenters. The number of ether oxygens (including phenoxy) is 3. The maximum absolute atomic E-state index is 5.73. The zero-order valence-electron chi connectivity index (χ0n) is 12.1. The van der Waals surface area contributed by atoms with Crippen molar-refractivity contribution < 1.29 is 14.2 Å². The molecule has 1 rings (SSSR count). The van der Waals surface area contributed by atoms with Crippen molar-refractivity contribution in [3.05, 3.63) is 24.3 Å². The quantitative estimate of drug-likeness (QED) is 0.661. The van der Waals surface area contributed by atoms with Crippen LogP contribution < -0.4 is 14.8 Å². The molecule has 0 aliphatic rings. The van der Waals surface area contributed by atoms with Gasteiger partial charge in [-0.05, 0) is 32.4 Å². The summed E-state index contributed by atoms with van der Waals surface area (Å²) >= 11 is 0. The normalized spacial score (nSPS) is 12.2. The second-order valence-electron chi connectivity index (χ2n) is 4.36. The topological polar surface area (TPSA) is 39.7 Å². The molecule has 0 saturated carbocycles. The molecule has 4 heteroatoms. The molecule has 0 aromatic heterocycles. The zero-order chi connectivity index (χ0) is 13.9. The molecule has 0 radical (unpaired) electrons. The molecule has 1 aromatic rings. The fourth-order valence-electron chi connectivity index (χ4n) is 1.71. The van der Waals surface area contributed by atoms with Crippen LogP contribution in [0.1, 0.15) is 20.3 Å². The average Bonchev–Trinajstić information content (AvgIpc) is 2.43. The number of methoxy groups -OCH3 is 1. The summed E-state index contributed by atoms with van der Waals surface area (Å²) in [5, 5.41) is 3.39. The molecule has 1 N–H and O–H groups in total. The summed E-state index contributed by atoms with van der Waals surface area (Å²) in [5.41, 5.74) is 0. The standard InChI is InChI=1S/C15H25NO3/c1-4-18-14-7-5-6-8-15(14)19-12-10-16-13(2)9-11-17-3/h5-8,13,16H,4,9-12H2,1-3H3. The van der Waals surface area contributed by atoms with Gasteiger partial charge < -0.3 is 19.5 Å². The van der Waals surface area contributed by atoms with Crippen LogP contribution in [0, 0.1) is 0 Å². The fraction of sp³-hybridized carbons (Fsp3) is 0.600. The van der Waals surface area contributed by atoms with Gasteiger partial charge in [-0.2, -0.15) is 0 Å². The third kappa shape index (κ3) is 6.45. The van der Waals surface area contributed by atoms with E-state index in [9.17, 15) is 0 Å². The highest BCUT2D eigenvalue weighted by Gasteiger charge is 2.04. The van der Waals surface area contributed by atoms with Gasteiger partial charge in [-0.1, -0.05) is 12.1 Å². The molecule has 0 amide bonds. The fourth-order valence-corrected chi connectivity index (χ4v) is 1.71. The van der Waals surface area contributed by atoms with Gasteiger partial charge >= 0.3 is 0 Å². The van der Waals surface area contributed by atoms with Crippen molar-refractivity contribution >= 4 is 0 Å².